The number of hydroxylamine groups is 1. The second-order valence-corrected chi connectivity index (χ2v) is 9.88. The molecule has 9 heteroatoms. The summed E-state index contributed by atoms with van der Waals surface area (Å²) >= 11 is 0. The molecule has 1 aromatic carbocycles. The van der Waals surface area contributed by atoms with Crippen LogP contribution in [0.15, 0.2) is 36.4 Å². The minimum absolute atomic E-state index is 0.0365. The molecule has 0 fully saturated rings. The van der Waals surface area contributed by atoms with E-state index >= 15 is 0 Å². The van der Waals surface area contributed by atoms with Gasteiger partial charge in [-0.15, -0.1) is 0 Å². The van der Waals surface area contributed by atoms with Crippen LogP contribution in [0.25, 0.3) is 6.08 Å². The molecule has 0 saturated heterocycles. The fraction of sp³-hybridized carbons (Fsp3) is 0.560. The Kier molecular flexibility index (Phi) is 11.9. The molecule has 0 bridgehead atoms. The van der Waals surface area contributed by atoms with Gasteiger partial charge in [-0.1, -0.05) is 70.2 Å². The molecule has 0 aliphatic heterocycles. The van der Waals surface area contributed by atoms with Gasteiger partial charge in [0, 0.05) is 18.6 Å². The van der Waals surface area contributed by atoms with Crippen molar-refractivity contribution in [3.63, 3.8) is 0 Å². The first-order valence-electron chi connectivity index (χ1n) is 11.6. The van der Waals surface area contributed by atoms with E-state index in [2.05, 4.69) is 5.43 Å². The maximum Gasteiger partial charge on any atom is 0.257 e. The van der Waals surface area contributed by atoms with Crippen LogP contribution in [-0.2, 0) is 14.4 Å². The van der Waals surface area contributed by atoms with Crippen molar-refractivity contribution in [3.8, 4) is 0 Å². The van der Waals surface area contributed by atoms with Gasteiger partial charge in [-0.05, 0) is 31.2 Å². The summed E-state index contributed by atoms with van der Waals surface area (Å²) in [6.07, 6.45) is 4.19. The van der Waals surface area contributed by atoms with Crippen LogP contribution in [0, 0.1) is 23.2 Å². The highest BCUT2D eigenvalue weighted by Crippen LogP contribution is 2.26. The normalized spacial score (nSPS) is 14.5. The third-order valence-corrected chi connectivity index (χ3v) is 5.41. The average molecular weight is 477 g/mol. The third kappa shape index (κ3) is 9.62. The highest BCUT2D eigenvalue weighted by atomic mass is 16.5. The highest BCUT2D eigenvalue weighted by Gasteiger charge is 2.36. The van der Waals surface area contributed by atoms with Crippen LogP contribution >= 0.6 is 0 Å². The van der Waals surface area contributed by atoms with Crippen molar-refractivity contribution in [2.24, 2.45) is 28.9 Å². The fourth-order valence-corrected chi connectivity index (χ4v) is 3.53. The highest BCUT2D eigenvalue weighted by molar-refractivity contribution is 5.89. The zero-order valence-electron chi connectivity index (χ0n) is 20.8. The number of rotatable bonds is 12. The number of carbonyl (C=O) groups excluding carboxylic acids is 3. The van der Waals surface area contributed by atoms with Gasteiger partial charge in [0.05, 0.1) is 17.9 Å². The van der Waals surface area contributed by atoms with Crippen LogP contribution in [0.1, 0.15) is 53.0 Å². The molecule has 3 atom stereocenters. The van der Waals surface area contributed by atoms with E-state index in [1.807, 2.05) is 50.3 Å². The number of hydrazine groups is 1. The van der Waals surface area contributed by atoms with Gasteiger partial charge in [-0.25, -0.2) is 5.48 Å². The molecule has 0 heterocycles. The molecule has 0 unspecified atom stereocenters. The molecule has 34 heavy (non-hydrogen) atoms. The van der Waals surface area contributed by atoms with Crippen molar-refractivity contribution in [1.29, 1.82) is 0 Å². The lowest BCUT2D eigenvalue weighted by atomic mass is 9.82. The molecule has 0 aliphatic rings. The zero-order valence-corrected chi connectivity index (χ0v) is 20.8. The second kappa shape index (κ2) is 13.8. The van der Waals surface area contributed by atoms with Gasteiger partial charge in [0.25, 0.3) is 5.91 Å². The molecule has 0 spiro atoms. The average Bonchev–Trinajstić information content (AvgIpc) is 2.79. The Morgan fingerprint density at radius 3 is 2.21 bits per heavy atom. The number of hydrogen-bond acceptors (Lipinski definition) is 6. The fourth-order valence-electron chi connectivity index (χ4n) is 3.53. The lowest BCUT2D eigenvalue weighted by Crippen LogP contribution is -2.57. The Morgan fingerprint density at radius 2 is 1.71 bits per heavy atom. The van der Waals surface area contributed by atoms with E-state index in [9.17, 15) is 24.7 Å². The molecule has 3 amide bonds. The summed E-state index contributed by atoms with van der Waals surface area (Å²) in [7, 11) is 0. The van der Waals surface area contributed by atoms with Gasteiger partial charge in [0.1, 0.15) is 0 Å². The Morgan fingerprint density at radius 1 is 1.09 bits per heavy atom. The molecular weight excluding hydrogens is 436 g/mol. The maximum absolute atomic E-state index is 13.4. The summed E-state index contributed by atoms with van der Waals surface area (Å²) in [5.74, 6) is -3.35. The molecule has 190 valence electrons. The molecule has 9 nitrogen and oxygen atoms in total. The predicted molar refractivity (Wildman–Crippen MR) is 131 cm³/mol. The van der Waals surface area contributed by atoms with Crippen molar-refractivity contribution >= 4 is 23.8 Å². The van der Waals surface area contributed by atoms with E-state index in [4.69, 9.17) is 5.73 Å². The largest absolute Gasteiger partial charge is 0.396 e. The summed E-state index contributed by atoms with van der Waals surface area (Å²) in [4.78, 5) is 38.6. The number of nitrogens with two attached hydrogens (primary N) is 1. The zero-order chi connectivity index (χ0) is 25.9. The molecule has 0 radical (unpaired) electrons. The summed E-state index contributed by atoms with van der Waals surface area (Å²) < 4.78 is 0. The second-order valence-electron chi connectivity index (χ2n) is 9.88. The Hall–Kier alpha value is -2.75. The summed E-state index contributed by atoms with van der Waals surface area (Å²) in [6.45, 7) is 8.69. The van der Waals surface area contributed by atoms with Crippen LogP contribution in [0.3, 0.4) is 0 Å². The van der Waals surface area contributed by atoms with Crippen molar-refractivity contribution in [2.75, 3.05) is 13.2 Å². The van der Waals surface area contributed by atoms with E-state index in [0.717, 1.165) is 10.6 Å². The van der Waals surface area contributed by atoms with E-state index < -0.39 is 41.0 Å². The number of aliphatic hydroxyl groups is 1. The number of carbonyl (C=O) groups is 3. The van der Waals surface area contributed by atoms with Gasteiger partial charge >= 0.3 is 0 Å². The number of hydrogen-bond donors (Lipinski definition) is 5. The molecule has 1 rings (SSSR count). The van der Waals surface area contributed by atoms with E-state index in [-0.39, 0.29) is 25.5 Å². The van der Waals surface area contributed by atoms with Crippen LogP contribution in [0.4, 0.5) is 0 Å². The predicted octanol–water partition coefficient (Wildman–Crippen LogP) is 2.10. The number of allylic oxidation sites excluding steroid dienone is 1. The van der Waals surface area contributed by atoms with Crippen molar-refractivity contribution in [2.45, 2.75) is 53.5 Å². The smallest absolute Gasteiger partial charge is 0.257 e. The first kappa shape index (κ1) is 29.3. The number of benzene rings is 1. The molecule has 0 aromatic heterocycles. The van der Waals surface area contributed by atoms with E-state index in [1.165, 1.54) is 6.92 Å². The summed E-state index contributed by atoms with van der Waals surface area (Å²) in [5.41, 5.74) is 10.3. The number of nitrogens with one attached hydrogen (secondary N) is 2. The molecule has 0 aliphatic carbocycles. The lowest BCUT2D eigenvalue weighted by Gasteiger charge is -2.34. The number of amides is 3. The van der Waals surface area contributed by atoms with E-state index in [0.29, 0.717) is 6.42 Å². The first-order valence-corrected chi connectivity index (χ1v) is 11.6. The van der Waals surface area contributed by atoms with Gasteiger partial charge in [-0.2, -0.15) is 0 Å². The molecule has 0 saturated carbocycles. The third-order valence-electron chi connectivity index (χ3n) is 5.41. The molecular formula is C25H40N4O5. The Bertz CT molecular complexity index is 824. The molecule has 6 N–H and O–H groups in total. The maximum atomic E-state index is 13.4. The van der Waals surface area contributed by atoms with Crippen LogP contribution in [-0.4, -0.2) is 52.2 Å². The lowest BCUT2D eigenvalue weighted by molar-refractivity contribution is -0.149. The van der Waals surface area contributed by atoms with Gasteiger partial charge in [-0.3, -0.25) is 30.0 Å². The quantitative estimate of drug-likeness (QED) is 0.231. The van der Waals surface area contributed by atoms with Crippen LogP contribution in [0.2, 0.25) is 0 Å². The van der Waals surface area contributed by atoms with Gasteiger partial charge in [0.15, 0.2) is 0 Å². The summed E-state index contributed by atoms with van der Waals surface area (Å²) in [6, 6.07) is 8.64. The van der Waals surface area contributed by atoms with Gasteiger partial charge in [0.2, 0.25) is 11.8 Å². The van der Waals surface area contributed by atoms with Crippen molar-refractivity contribution in [1.82, 2.24) is 15.9 Å². The number of nitrogens with zero attached hydrogens (tertiary/aromatic N) is 1. The minimum Gasteiger partial charge on any atom is -0.396 e. The van der Waals surface area contributed by atoms with Crippen LogP contribution < -0.4 is 16.6 Å². The van der Waals surface area contributed by atoms with Crippen molar-refractivity contribution < 1.29 is 24.7 Å². The monoisotopic (exact) mass is 476 g/mol. The van der Waals surface area contributed by atoms with Crippen molar-refractivity contribution in [3.05, 3.63) is 42.0 Å². The summed E-state index contributed by atoms with van der Waals surface area (Å²) in [5, 5.41) is 20.1. The minimum atomic E-state index is -0.872. The van der Waals surface area contributed by atoms with Crippen LogP contribution in [0.5, 0.6) is 0 Å². The SMILES string of the molecule is CC(C)C[C@@H](C(=O)NN(CC(C)(C)CO)C(=O)[C@@H](C)N)[C@H](CC=Cc1ccccc1)C(=O)NO. The Balaban J connectivity index is 3.20. The van der Waals surface area contributed by atoms with Gasteiger partial charge < -0.3 is 10.8 Å². The standard InChI is InChI=1S/C25H40N4O5/c1-17(2)14-21(20(23(32)28-34)13-9-12-19-10-7-6-8-11-19)22(31)27-29(24(33)18(3)26)15-25(4,5)16-30/h6-12,17-18,20-21,30,34H,13-16,26H2,1-5H3,(H,27,31)(H,28,32)/t18-,20+,21-/m1/s1. The first-order chi connectivity index (χ1) is 15.9. The number of aliphatic hydroxyl groups excluding tert-OH is 1. The Labute approximate surface area is 202 Å². The van der Waals surface area contributed by atoms with E-state index in [1.54, 1.807) is 25.4 Å². The topological polar surface area (TPSA) is 145 Å². The molecule has 1 aromatic rings.